The van der Waals surface area contributed by atoms with Gasteiger partial charge in [-0.1, -0.05) is 68.2 Å². The Morgan fingerprint density at radius 2 is 0.823 bits per heavy atom. The Hall–Kier alpha value is -6.93. The molecular weight excluding hydrogens is 1600 g/mol. The molecule has 0 amide bonds. The predicted molar refractivity (Wildman–Crippen MR) is 453 cm³/mol. The molecular formula is C97H152O27. The van der Waals surface area contributed by atoms with Gasteiger partial charge in [0.1, 0.15) is 30.0 Å². The standard InChI is InChI=1S/C16H22O6.C14H22O4.C14H18O2.C13H18O5.C9H12O2.C8H12O2.3C7H14O2.C2H6/c1-5-16(2,3)15(19)22-12-7-6-8-10(9(7)13(17)20-4)14(18)21-11(8)12;1-5-13(2,3)12(16)17-10-8-9-6-7-14(10,4)18-11(9)15;15-14-13-9-4-8(10(13)5-16-14)11-6-1-2-7(3-6)12(9)11;1-4-13(2,3)12(15)18-9-7-5-6-8(16-7)10(9)17-11(6)14;10-9-8-6-2-1-5(3-6)7(8)4-11-9;9-8-7-4-2-1-3-6(7)5-10-8;3*1-5-7(2,3)6(8)9-4;1-2/h7-12H,5-6H2,1-4H3;9-10H,5-8H2,1-4H3;6-13H,1-5H2;6-10H,4-5H2,1-3H3;5-8H,1-4H2;6-7H,1-5H2;3*5H2,1-4H3;1-2H3. The zero-order valence-corrected chi connectivity index (χ0v) is 79.3. The third kappa shape index (κ3) is 20.8. The topological polar surface area (TPSA) is 351 Å². The summed E-state index contributed by atoms with van der Waals surface area (Å²) in [6.45, 7) is 42.2. The minimum absolute atomic E-state index is 0.0378. The van der Waals surface area contributed by atoms with Crippen LogP contribution in [0.15, 0.2) is 0 Å². The fourth-order valence-corrected chi connectivity index (χ4v) is 22.5. The summed E-state index contributed by atoms with van der Waals surface area (Å²) in [7, 11) is 5.56. The Balaban J connectivity index is 0.000000161. The van der Waals surface area contributed by atoms with Crippen LogP contribution in [0.1, 0.15) is 287 Å². The van der Waals surface area contributed by atoms with E-state index in [0.29, 0.717) is 74.2 Å². The van der Waals surface area contributed by atoms with E-state index in [2.05, 4.69) is 14.2 Å². The second kappa shape index (κ2) is 40.8. The molecule has 27 heteroatoms. The molecule has 28 atom stereocenters. The molecule has 0 aromatic carbocycles. The molecule has 9 heterocycles. The van der Waals surface area contributed by atoms with Crippen LogP contribution in [-0.4, -0.2) is 174 Å². The molecule has 12 bridgehead atoms. The number of ether oxygens (including phenoxy) is 14. The summed E-state index contributed by atoms with van der Waals surface area (Å²) in [5, 5.41) is 0. The molecule has 19 fully saturated rings. The Labute approximate surface area is 736 Å². The molecule has 0 N–H and O–H groups in total. The zero-order valence-electron chi connectivity index (χ0n) is 79.3. The van der Waals surface area contributed by atoms with Gasteiger partial charge in [0.2, 0.25) is 0 Å². The van der Waals surface area contributed by atoms with Crippen molar-refractivity contribution in [2.75, 3.05) is 48.3 Å². The maximum absolute atomic E-state index is 12.4. The Morgan fingerprint density at radius 1 is 0.371 bits per heavy atom. The number of hydrogen-bond donors (Lipinski definition) is 0. The first-order chi connectivity index (χ1) is 58.2. The van der Waals surface area contributed by atoms with Gasteiger partial charge in [-0.05, 0) is 259 Å². The van der Waals surface area contributed by atoms with Crippen LogP contribution in [0.5, 0.6) is 0 Å². The molecule has 19 aliphatic rings. The molecule has 10 saturated carbocycles. The van der Waals surface area contributed by atoms with Gasteiger partial charge in [0, 0.05) is 36.0 Å². The van der Waals surface area contributed by atoms with Crippen LogP contribution in [0.2, 0.25) is 0 Å². The number of methoxy groups -OCH3 is 4. The summed E-state index contributed by atoms with van der Waals surface area (Å²) in [5.74, 6) is 6.38. The lowest BCUT2D eigenvalue weighted by atomic mass is 9.64. The fourth-order valence-electron chi connectivity index (χ4n) is 22.5. The molecule has 19 rings (SSSR count). The van der Waals surface area contributed by atoms with E-state index in [1.807, 2.05) is 145 Å². The molecule has 0 aromatic heterocycles. The van der Waals surface area contributed by atoms with Gasteiger partial charge in [0.15, 0.2) is 12.2 Å². The first kappa shape index (κ1) is 101. The molecule has 0 radical (unpaired) electrons. The number of carbonyl (C=O) groups is 13. The fraction of sp³-hybridized carbons (Fsp3) is 0.866. The van der Waals surface area contributed by atoms with Gasteiger partial charge >= 0.3 is 77.6 Å². The van der Waals surface area contributed by atoms with Crippen molar-refractivity contribution in [3.63, 3.8) is 0 Å². The molecule has 28 unspecified atom stereocenters. The van der Waals surface area contributed by atoms with Crippen LogP contribution in [0.4, 0.5) is 0 Å². The summed E-state index contributed by atoms with van der Waals surface area (Å²) in [5.41, 5.74) is -3.13. The Kier molecular flexibility index (Phi) is 33.2. The van der Waals surface area contributed by atoms with Crippen LogP contribution in [0.25, 0.3) is 0 Å². The second-order valence-corrected chi connectivity index (χ2v) is 42.0. The Bertz CT molecular complexity index is 3720. The van der Waals surface area contributed by atoms with Crippen molar-refractivity contribution in [1.29, 1.82) is 0 Å². The van der Waals surface area contributed by atoms with Crippen LogP contribution in [0, 0.1) is 151 Å². The molecule has 27 nitrogen and oxygen atoms in total. The number of esters is 13. The van der Waals surface area contributed by atoms with E-state index in [4.69, 9.17) is 52.1 Å². The number of cyclic esters (lactones) is 3. The van der Waals surface area contributed by atoms with E-state index in [9.17, 15) is 62.3 Å². The average Bonchev–Trinajstić information content (AvgIpc) is 1.52. The minimum Gasteiger partial charge on any atom is -0.469 e. The summed E-state index contributed by atoms with van der Waals surface area (Å²) >= 11 is 0. The van der Waals surface area contributed by atoms with Gasteiger partial charge in [-0.2, -0.15) is 0 Å². The number of carbonyl (C=O) groups excluding carboxylic acids is 13. The first-order valence-electron chi connectivity index (χ1n) is 47.0. The molecule has 0 aromatic rings. The van der Waals surface area contributed by atoms with E-state index in [1.54, 1.807) is 0 Å². The first-order valence-corrected chi connectivity index (χ1v) is 47.0. The van der Waals surface area contributed by atoms with Crippen LogP contribution < -0.4 is 0 Å². The highest BCUT2D eigenvalue weighted by Gasteiger charge is 2.72. The van der Waals surface area contributed by atoms with Crippen molar-refractivity contribution in [3.8, 4) is 0 Å². The molecule has 0 spiro atoms. The van der Waals surface area contributed by atoms with Crippen molar-refractivity contribution >= 4 is 77.6 Å². The lowest BCUT2D eigenvalue weighted by molar-refractivity contribution is -0.221. The second-order valence-electron chi connectivity index (χ2n) is 42.0. The highest BCUT2D eigenvalue weighted by Crippen LogP contribution is 2.71. The SMILES string of the molecule is CC.CCC(C)(C)C(=O)OC.CCC(C)(C)C(=O)OC.CCC(C)(C)C(=O)OC.CCC(C)(C)C(=O)OC1C2CC3C(=O)OC1C3O2.CCC(C)(C)C(=O)OC1C2CC3C1OC(=O)C3C2C(=O)OC.CCC(C)(C)C(=O)OC1CC2CCC1(C)OC2=O.O=C1OCC2C3CC(C12)C1C2CCC(C2)C31.O=C1OCC2C3CCC(C3)C12.O=C1OCC2CCCCC12. The zero-order chi connectivity index (χ0) is 92.2. The van der Waals surface area contributed by atoms with Crippen LogP contribution in [0.3, 0.4) is 0 Å². The van der Waals surface area contributed by atoms with Crippen molar-refractivity contribution in [1.82, 2.24) is 0 Å². The largest absolute Gasteiger partial charge is 0.469 e. The van der Waals surface area contributed by atoms with Crippen LogP contribution in [-0.2, 0) is 129 Å². The van der Waals surface area contributed by atoms with Crippen molar-refractivity contribution in [3.05, 3.63) is 0 Å². The van der Waals surface area contributed by atoms with Gasteiger partial charge in [-0.3, -0.25) is 62.3 Å². The van der Waals surface area contributed by atoms with E-state index >= 15 is 0 Å². The van der Waals surface area contributed by atoms with Crippen LogP contribution >= 0.6 is 0 Å². The van der Waals surface area contributed by atoms with Gasteiger partial charge < -0.3 is 66.3 Å². The van der Waals surface area contributed by atoms with E-state index in [1.165, 1.54) is 92.6 Å². The summed E-state index contributed by atoms with van der Waals surface area (Å²) in [6.07, 6.45) is 20.2. The van der Waals surface area contributed by atoms with Gasteiger partial charge in [0.05, 0.1) is 128 Å². The number of rotatable bonds is 16. The maximum Gasteiger partial charge on any atom is 0.312 e. The molecule has 9 saturated heterocycles. The van der Waals surface area contributed by atoms with Gasteiger partial charge in [-0.25, -0.2) is 0 Å². The monoisotopic (exact) mass is 1750 g/mol. The summed E-state index contributed by atoms with van der Waals surface area (Å²) in [6, 6.07) is 0. The molecule has 10 aliphatic carbocycles. The quantitative estimate of drug-likeness (QED) is 0.0787. The van der Waals surface area contributed by atoms with Gasteiger partial charge in [-0.15, -0.1) is 0 Å². The third-order valence-corrected chi connectivity index (χ3v) is 32.7. The van der Waals surface area contributed by atoms with Gasteiger partial charge in [0.25, 0.3) is 0 Å². The lowest BCUT2D eigenvalue weighted by Gasteiger charge is -2.48. The maximum atomic E-state index is 12.4. The highest BCUT2D eigenvalue weighted by atomic mass is 16.7. The van der Waals surface area contributed by atoms with E-state index in [-0.39, 0.29) is 136 Å². The summed E-state index contributed by atoms with van der Waals surface area (Å²) < 4.78 is 72.5. The normalized spacial score (nSPS) is 36.6. The third-order valence-electron chi connectivity index (χ3n) is 32.7. The highest BCUT2D eigenvalue weighted by molar-refractivity contribution is 5.87. The summed E-state index contributed by atoms with van der Waals surface area (Å²) in [4.78, 5) is 150. The smallest absolute Gasteiger partial charge is 0.312 e. The van der Waals surface area contributed by atoms with E-state index in [0.717, 1.165) is 99.6 Å². The minimum atomic E-state index is -0.620. The van der Waals surface area contributed by atoms with E-state index < -0.39 is 64.1 Å². The van der Waals surface area contributed by atoms with Crippen molar-refractivity contribution in [2.45, 2.75) is 335 Å². The van der Waals surface area contributed by atoms with Crippen molar-refractivity contribution in [2.24, 2.45) is 151 Å². The molecule has 702 valence electrons. The Morgan fingerprint density at radius 3 is 1.31 bits per heavy atom. The van der Waals surface area contributed by atoms with Crippen molar-refractivity contribution < 1.29 is 129 Å². The number of hydrogen-bond acceptors (Lipinski definition) is 27. The predicted octanol–water partition coefficient (Wildman–Crippen LogP) is 15.3. The molecule has 124 heavy (non-hydrogen) atoms. The number of fused-ring (bicyclic) bond motifs is 23. The average molecular weight is 1750 g/mol. The molecule has 9 aliphatic heterocycles. The lowest BCUT2D eigenvalue weighted by Crippen LogP contribution is -2.57.